The van der Waals surface area contributed by atoms with Crippen LogP contribution in [0.1, 0.15) is 40.7 Å². The van der Waals surface area contributed by atoms with Gasteiger partial charge < -0.3 is 14.8 Å². The van der Waals surface area contributed by atoms with Gasteiger partial charge in [-0.05, 0) is 31.4 Å². The van der Waals surface area contributed by atoms with Gasteiger partial charge in [0.25, 0.3) is 5.91 Å². The second kappa shape index (κ2) is 8.41. The lowest BCUT2D eigenvalue weighted by Crippen LogP contribution is -2.50. The summed E-state index contributed by atoms with van der Waals surface area (Å²) in [6, 6.07) is 3.08. The van der Waals surface area contributed by atoms with Gasteiger partial charge in [-0.1, -0.05) is 6.92 Å². The Morgan fingerprint density at radius 1 is 1.14 bits per heavy atom. The number of hydrogen-bond donors (Lipinski definition) is 1. The monoisotopic (exact) mass is 385 g/mol. The molecule has 1 aliphatic rings. The Kier molecular flexibility index (Phi) is 5.96. The van der Waals surface area contributed by atoms with Crippen molar-refractivity contribution in [1.29, 1.82) is 0 Å². The molecule has 0 saturated carbocycles. The molecule has 8 heteroatoms. The number of aryl methyl sites for hydroxylation is 3. The second-order valence-electron chi connectivity index (χ2n) is 7.16. The van der Waals surface area contributed by atoms with E-state index < -0.39 is 0 Å². The first-order valence-corrected chi connectivity index (χ1v) is 9.66. The highest BCUT2D eigenvalue weighted by Gasteiger charge is 2.25. The Balaban J connectivity index is 1.54. The molecule has 0 radical (unpaired) electrons. The summed E-state index contributed by atoms with van der Waals surface area (Å²) in [5.41, 5.74) is 3.06. The average Bonchev–Trinajstić information content (AvgIpc) is 3.03. The Morgan fingerprint density at radius 3 is 2.43 bits per heavy atom. The van der Waals surface area contributed by atoms with Crippen LogP contribution in [0.4, 0.5) is 0 Å². The van der Waals surface area contributed by atoms with E-state index in [4.69, 9.17) is 0 Å². The summed E-state index contributed by atoms with van der Waals surface area (Å²) in [5, 5.41) is 4.21. The largest absolute Gasteiger partial charge is 0.339 e. The minimum atomic E-state index is -0.262. The third-order valence-electron chi connectivity index (χ3n) is 5.39. The van der Waals surface area contributed by atoms with E-state index in [-0.39, 0.29) is 17.4 Å². The lowest BCUT2D eigenvalue weighted by atomic mass is 10.1. The van der Waals surface area contributed by atoms with Crippen molar-refractivity contribution >= 4 is 11.8 Å². The first kappa shape index (κ1) is 19.9. The molecule has 0 bridgehead atoms. The molecule has 2 aromatic rings. The van der Waals surface area contributed by atoms with Crippen LogP contribution in [0.5, 0.6) is 0 Å². The summed E-state index contributed by atoms with van der Waals surface area (Å²) in [7, 11) is 1.89. The molecule has 8 nitrogen and oxygen atoms in total. The molecular formula is C20H27N5O3. The Bertz CT molecular complexity index is 922. The molecule has 3 heterocycles. The van der Waals surface area contributed by atoms with Crippen molar-refractivity contribution in [3.8, 4) is 0 Å². The number of amides is 2. The van der Waals surface area contributed by atoms with Crippen molar-refractivity contribution in [2.45, 2.75) is 33.1 Å². The number of nitrogens with one attached hydrogen (secondary N) is 1. The molecule has 1 fully saturated rings. The number of H-pyrrole nitrogens is 1. The molecule has 1 saturated heterocycles. The molecule has 1 N–H and O–H groups in total. The molecule has 0 aliphatic carbocycles. The molecule has 2 amide bonds. The highest BCUT2D eigenvalue weighted by molar-refractivity contribution is 5.94. The molecule has 3 rings (SSSR count). The van der Waals surface area contributed by atoms with Crippen LogP contribution < -0.4 is 5.56 Å². The lowest BCUT2D eigenvalue weighted by Gasteiger charge is -2.35. The summed E-state index contributed by atoms with van der Waals surface area (Å²) in [6.45, 7) is 5.91. The molecule has 1 aliphatic heterocycles. The van der Waals surface area contributed by atoms with E-state index in [0.717, 1.165) is 17.0 Å². The number of carbonyl (C=O) groups excluding carboxylic acids is 2. The first-order chi connectivity index (χ1) is 13.4. The molecule has 0 unspecified atom stereocenters. The van der Waals surface area contributed by atoms with E-state index in [1.165, 1.54) is 6.07 Å². The van der Waals surface area contributed by atoms with Crippen molar-refractivity contribution in [2.24, 2.45) is 7.05 Å². The molecule has 150 valence electrons. The van der Waals surface area contributed by atoms with Gasteiger partial charge >= 0.3 is 0 Å². The van der Waals surface area contributed by atoms with Gasteiger partial charge in [0.05, 0.1) is 6.20 Å². The Morgan fingerprint density at radius 2 is 1.82 bits per heavy atom. The van der Waals surface area contributed by atoms with Crippen molar-refractivity contribution < 1.29 is 9.59 Å². The fourth-order valence-electron chi connectivity index (χ4n) is 3.45. The Labute approximate surface area is 164 Å². The van der Waals surface area contributed by atoms with Gasteiger partial charge in [0, 0.05) is 62.7 Å². The van der Waals surface area contributed by atoms with E-state index in [1.54, 1.807) is 11.0 Å². The predicted octanol–water partition coefficient (Wildman–Crippen LogP) is 0.896. The summed E-state index contributed by atoms with van der Waals surface area (Å²) >= 11 is 0. The van der Waals surface area contributed by atoms with E-state index in [2.05, 4.69) is 10.1 Å². The number of rotatable bonds is 5. The number of piperazine rings is 1. The zero-order chi connectivity index (χ0) is 20.3. The van der Waals surface area contributed by atoms with Gasteiger partial charge in [0.15, 0.2) is 0 Å². The fraction of sp³-hybridized carbons (Fsp3) is 0.500. The van der Waals surface area contributed by atoms with Crippen molar-refractivity contribution in [3.63, 3.8) is 0 Å². The maximum absolute atomic E-state index is 12.7. The molecule has 2 aromatic heterocycles. The molecule has 0 atom stereocenters. The quantitative estimate of drug-likeness (QED) is 0.828. The number of pyridine rings is 1. The van der Waals surface area contributed by atoms with Crippen LogP contribution in [0.2, 0.25) is 0 Å². The van der Waals surface area contributed by atoms with E-state index in [0.29, 0.717) is 51.0 Å². The summed E-state index contributed by atoms with van der Waals surface area (Å²) in [4.78, 5) is 43.2. The third-order valence-corrected chi connectivity index (χ3v) is 5.39. The van der Waals surface area contributed by atoms with E-state index in [1.807, 2.05) is 36.7 Å². The van der Waals surface area contributed by atoms with Gasteiger partial charge in [-0.15, -0.1) is 0 Å². The van der Waals surface area contributed by atoms with Crippen LogP contribution in [0.25, 0.3) is 0 Å². The standard InChI is InChI=1S/C20H27N5O3/c1-4-17-11-16(12-18(26)22-17)20(28)25-9-7-24(8-10-25)19(27)6-5-15-13-21-23(3)14(15)2/h11-13H,4-10H2,1-3H3,(H,22,26). The van der Waals surface area contributed by atoms with Crippen LogP contribution >= 0.6 is 0 Å². The highest BCUT2D eigenvalue weighted by Crippen LogP contribution is 2.13. The maximum Gasteiger partial charge on any atom is 0.254 e. The molecular weight excluding hydrogens is 358 g/mol. The average molecular weight is 385 g/mol. The molecule has 0 spiro atoms. The zero-order valence-corrected chi connectivity index (χ0v) is 16.7. The normalized spacial score (nSPS) is 14.4. The van der Waals surface area contributed by atoms with Crippen molar-refractivity contribution in [3.05, 3.63) is 51.2 Å². The fourth-order valence-corrected chi connectivity index (χ4v) is 3.45. The highest BCUT2D eigenvalue weighted by atomic mass is 16.2. The van der Waals surface area contributed by atoms with Crippen LogP contribution in [0.15, 0.2) is 23.1 Å². The number of hydrogen-bond acceptors (Lipinski definition) is 4. The molecule has 28 heavy (non-hydrogen) atoms. The summed E-state index contributed by atoms with van der Waals surface area (Å²) in [5.74, 6) is -0.0568. The van der Waals surface area contributed by atoms with Crippen molar-refractivity contribution in [2.75, 3.05) is 26.2 Å². The zero-order valence-electron chi connectivity index (χ0n) is 16.7. The lowest BCUT2D eigenvalue weighted by molar-refractivity contribution is -0.132. The van der Waals surface area contributed by atoms with E-state index >= 15 is 0 Å². The predicted molar refractivity (Wildman–Crippen MR) is 105 cm³/mol. The van der Waals surface area contributed by atoms with Gasteiger partial charge in [-0.25, -0.2) is 0 Å². The summed E-state index contributed by atoms with van der Waals surface area (Å²) in [6.07, 6.45) is 3.58. The Hall–Kier alpha value is -2.90. The molecule has 0 aromatic carbocycles. The van der Waals surface area contributed by atoms with Gasteiger partial charge in [-0.3, -0.25) is 19.1 Å². The third kappa shape index (κ3) is 4.32. The number of nitrogens with zero attached hydrogens (tertiary/aromatic N) is 4. The van der Waals surface area contributed by atoms with Gasteiger partial charge in [-0.2, -0.15) is 5.10 Å². The minimum Gasteiger partial charge on any atom is -0.339 e. The number of aromatic nitrogens is 3. The van der Waals surface area contributed by atoms with Crippen molar-refractivity contribution in [1.82, 2.24) is 24.6 Å². The van der Waals surface area contributed by atoms with Gasteiger partial charge in [0.1, 0.15) is 0 Å². The second-order valence-corrected chi connectivity index (χ2v) is 7.16. The first-order valence-electron chi connectivity index (χ1n) is 9.66. The maximum atomic E-state index is 12.7. The van der Waals surface area contributed by atoms with Crippen LogP contribution in [-0.4, -0.2) is 62.6 Å². The van der Waals surface area contributed by atoms with Gasteiger partial charge in [0.2, 0.25) is 11.5 Å². The SMILES string of the molecule is CCc1cc(C(=O)N2CCN(C(=O)CCc3cnn(C)c3C)CC2)cc(=O)[nH]1. The minimum absolute atomic E-state index is 0.0970. The van der Waals surface area contributed by atoms with Crippen LogP contribution in [-0.2, 0) is 24.7 Å². The smallest absolute Gasteiger partial charge is 0.254 e. The topological polar surface area (TPSA) is 91.3 Å². The van der Waals surface area contributed by atoms with Crippen LogP contribution in [0, 0.1) is 6.92 Å². The number of aromatic amines is 1. The number of carbonyl (C=O) groups is 2. The van der Waals surface area contributed by atoms with Crippen LogP contribution in [0.3, 0.4) is 0 Å². The summed E-state index contributed by atoms with van der Waals surface area (Å²) < 4.78 is 1.81. The van der Waals surface area contributed by atoms with E-state index in [9.17, 15) is 14.4 Å².